The van der Waals surface area contributed by atoms with Crippen LogP contribution in [0.4, 0.5) is 13.2 Å². The Labute approximate surface area is 237 Å². The van der Waals surface area contributed by atoms with Gasteiger partial charge in [-0.1, -0.05) is 36.4 Å². The number of aryl methyl sites for hydroxylation is 2. The van der Waals surface area contributed by atoms with E-state index in [0.29, 0.717) is 22.4 Å². The molecular formula is C32H32F3N3O3. The molecule has 4 rings (SSSR count). The van der Waals surface area contributed by atoms with Gasteiger partial charge in [0, 0.05) is 35.9 Å². The maximum atomic E-state index is 13.2. The third-order valence-electron chi connectivity index (χ3n) is 7.21. The molecule has 9 heteroatoms. The van der Waals surface area contributed by atoms with E-state index in [-0.39, 0.29) is 30.8 Å². The molecule has 0 spiro atoms. The van der Waals surface area contributed by atoms with E-state index in [0.717, 1.165) is 40.2 Å². The summed E-state index contributed by atoms with van der Waals surface area (Å²) in [6.45, 7) is 7.54. The molecule has 214 valence electrons. The largest absolute Gasteiger partial charge is 0.489 e. The zero-order valence-electron chi connectivity index (χ0n) is 23.6. The summed E-state index contributed by atoms with van der Waals surface area (Å²) in [5.74, 6) is 0.151. The van der Waals surface area contributed by atoms with Crippen LogP contribution in [-0.4, -0.2) is 28.5 Å². The van der Waals surface area contributed by atoms with Gasteiger partial charge in [-0.05, 0) is 74.7 Å². The number of ketones is 1. The molecule has 0 aliphatic rings. The van der Waals surface area contributed by atoms with Crippen LogP contribution in [0.3, 0.4) is 0 Å². The summed E-state index contributed by atoms with van der Waals surface area (Å²) in [6.07, 6.45) is -4.22. The number of Topliss-reactive ketones (excluding diaryl/α,β-unsaturated/α-hetero) is 1. The molecule has 1 N–H and O–H groups in total. The van der Waals surface area contributed by atoms with Crippen molar-refractivity contribution in [2.24, 2.45) is 0 Å². The molecule has 1 amide bonds. The van der Waals surface area contributed by atoms with Crippen molar-refractivity contribution >= 4 is 11.7 Å². The van der Waals surface area contributed by atoms with Crippen LogP contribution in [0.1, 0.15) is 72.9 Å². The van der Waals surface area contributed by atoms with Crippen molar-refractivity contribution in [1.82, 2.24) is 15.1 Å². The second-order valence-corrected chi connectivity index (χ2v) is 10.0. The Hall–Kier alpha value is -4.40. The van der Waals surface area contributed by atoms with E-state index in [2.05, 4.69) is 5.32 Å². The van der Waals surface area contributed by atoms with Gasteiger partial charge in [-0.2, -0.15) is 18.3 Å². The molecular weight excluding hydrogens is 531 g/mol. The third kappa shape index (κ3) is 6.67. The summed E-state index contributed by atoms with van der Waals surface area (Å²) >= 11 is 0. The smallest absolute Gasteiger partial charge is 0.416 e. The van der Waals surface area contributed by atoms with E-state index in [9.17, 15) is 22.8 Å². The van der Waals surface area contributed by atoms with Crippen molar-refractivity contribution < 1.29 is 27.5 Å². The number of carbonyl (C=O) groups excluding carboxylic acids is 2. The molecule has 0 bridgehead atoms. The van der Waals surface area contributed by atoms with Crippen LogP contribution in [0.5, 0.6) is 5.75 Å². The lowest BCUT2D eigenvalue weighted by Gasteiger charge is -2.16. The molecule has 41 heavy (non-hydrogen) atoms. The molecule has 3 aromatic carbocycles. The summed E-state index contributed by atoms with van der Waals surface area (Å²) in [7, 11) is 1.59. The van der Waals surface area contributed by atoms with Crippen molar-refractivity contribution in [2.45, 2.75) is 52.9 Å². The lowest BCUT2D eigenvalue weighted by Crippen LogP contribution is -2.18. The van der Waals surface area contributed by atoms with E-state index in [1.54, 1.807) is 44.3 Å². The molecule has 0 saturated carbocycles. The number of amides is 1. The summed E-state index contributed by atoms with van der Waals surface area (Å²) < 4.78 is 46.3. The second-order valence-electron chi connectivity index (χ2n) is 10.0. The molecule has 0 radical (unpaired) electrons. The van der Waals surface area contributed by atoms with Gasteiger partial charge in [0.05, 0.1) is 17.3 Å². The Morgan fingerprint density at radius 2 is 1.68 bits per heavy atom. The number of nitrogens with zero attached hydrogens (tertiary/aromatic N) is 2. The van der Waals surface area contributed by atoms with Crippen molar-refractivity contribution in [1.29, 1.82) is 0 Å². The molecule has 0 fully saturated rings. The zero-order chi connectivity index (χ0) is 29.9. The molecule has 0 aliphatic heterocycles. The minimum atomic E-state index is -4.40. The van der Waals surface area contributed by atoms with Gasteiger partial charge in [0.15, 0.2) is 5.78 Å². The SMILES string of the molecule is CNC(=O)c1cccc(C(C)n2nc(C)c(CC(=O)c3ccc(COc4ccc(C(F)(F)F)cc4C)cc3)c2C)c1. The minimum Gasteiger partial charge on any atom is -0.489 e. The van der Waals surface area contributed by atoms with Crippen LogP contribution in [0.2, 0.25) is 0 Å². The summed E-state index contributed by atoms with van der Waals surface area (Å²) in [5.41, 5.74) is 5.00. The first-order chi connectivity index (χ1) is 19.4. The Bertz CT molecular complexity index is 1570. The molecule has 1 atom stereocenters. The van der Waals surface area contributed by atoms with Crippen LogP contribution >= 0.6 is 0 Å². The maximum Gasteiger partial charge on any atom is 0.416 e. The predicted octanol–water partition coefficient (Wildman–Crippen LogP) is 6.80. The molecule has 0 saturated heterocycles. The van der Waals surface area contributed by atoms with Crippen LogP contribution in [-0.2, 0) is 19.2 Å². The number of aromatic nitrogens is 2. The van der Waals surface area contributed by atoms with Crippen molar-refractivity contribution in [3.63, 3.8) is 0 Å². The average molecular weight is 564 g/mol. The van der Waals surface area contributed by atoms with E-state index < -0.39 is 11.7 Å². The monoisotopic (exact) mass is 563 g/mol. The zero-order valence-corrected chi connectivity index (χ0v) is 23.6. The predicted molar refractivity (Wildman–Crippen MR) is 150 cm³/mol. The lowest BCUT2D eigenvalue weighted by molar-refractivity contribution is -0.137. The highest BCUT2D eigenvalue weighted by Gasteiger charge is 2.30. The molecule has 0 aliphatic carbocycles. The first-order valence-corrected chi connectivity index (χ1v) is 13.2. The number of hydrogen-bond acceptors (Lipinski definition) is 4. The average Bonchev–Trinajstić information content (AvgIpc) is 3.23. The van der Waals surface area contributed by atoms with E-state index in [1.165, 1.54) is 6.07 Å². The highest BCUT2D eigenvalue weighted by molar-refractivity contribution is 5.97. The molecule has 6 nitrogen and oxygen atoms in total. The molecule has 1 unspecified atom stereocenters. The van der Waals surface area contributed by atoms with Gasteiger partial charge in [-0.15, -0.1) is 0 Å². The van der Waals surface area contributed by atoms with Crippen LogP contribution in [0.15, 0.2) is 66.7 Å². The Kier molecular flexibility index (Phi) is 8.66. The van der Waals surface area contributed by atoms with Crippen molar-refractivity contribution in [3.8, 4) is 5.75 Å². The van der Waals surface area contributed by atoms with E-state index >= 15 is 0 Å². The highest BCUT2D eigenvalue weighted by Crippen LogP contribution is 2.32. The first kappa shape index (κ1) is 29.6. The van der Waals surface area contributed by atoms with Gasteiger partial charge in [-0.25, -0.2) is 0 Å². The van der Waals surface area contributed by atoms with Gasteiger partial charge < -0.3 is 10.1 Å². The number of benzene rings is 3. The number of ether oxygens (including phenoxy) is 1. The van der Waals surface area contributed by atoms with Gasteiger partial charge in [0.2, 0.25) is 0 Å². The Balaban J connectivity index is 1.43. The highest BCUT2D eigenvalue weighted by atomic mass is 19.4. The number of carbonyl (C=O) groups is 2. The fourth-order valence-corrected chi connectivity index (χ4v) is 4.75. The number of nitrogens with one attached hydrogen (secondary N) is 1. The van der Waals surface area contributed by atoms with E-state index in [1.807, 2.05) is 43.7 Å². The fourth-order valence-electron chi connectivity index (χ4n) is 4.75. The van der Waals surface area contributed by atoms with E-state index in [4.69, 9.17) is 9.84 Å². The lowest BCUT2D eigenvalue weighted by atomic mass is 10.0. The van der Waals surface area contributed by atoms with Crippen molar-refractivity contribution in [2.75, 3.05) is 7.05 Å². The topological polar surface area (TPSA) is 73.2 Å². The van der Waals surface area contributed by atoms with Crippen LogP contribution < -0.4 is 10.1 Å². The van der Waals surface area contributed by atoms with Crippen LogP contribution in [0, 0.1) is 20.8 Å². The second kappa shape index (κ2) is 12.0. The summed E-state index contributed by atoms with van der Waals surface area (Å²) in [6, 6.07) is 17.6. The standard InChI is InChI=1S/C32H32F3N3O3/c1-19-15-27(32(33,34)35)13-14-30(19)41-18-23-9-11-24(12-10-23)29(39)17-28-20(2)37-38(22(28)4)21(3)25-7-6-8-26(16-25)31(40)36-5/h6-16,21H,17-18H2,1-5H3,(H,36,40). The number of hydrogen-bond donors (Lipinski definition) is 1. The molecule has 4 aromatic rings. The van der Waals surface area contributed by atoms with Gasteiger partial charge in [-0.3, -0.25) is 14.3 Å². The van der Waals surface area contributed by atoms with Gasteiger partial charge in [0.25, 0.3) is 5.91 Å². The number of alkyl halides is 3. The molecule has 1 aromatic heterocycles. The third-order valence-corrected chi connectivity index (χ3v) is 7.21. The van der Waals surface area contributed by atoms with Crippen LogP contribution in [0.25, 0.3) is 0 Å². The number of halogens is 3. The Morgan fingerprint density at radius 3 is 2.32 bits per heavy atom. The Morgan fingerprint density at radius 1 is 0.976 bits per heavy atom. The maximum absolute atomic E-state index is 13.2. The van der Waals surface area contributed by atoms with Gasteiger partial charge in [0.1, 0.15) is 12.4 Å². The van der Waals surface area contributed by atoms with Crippen molar-refractivity contribution in [3.05, 3.63) is 117 Å². The summed E-state index contributed by atoms with van der Waals surface area (Å²) in [4.78, 5) is 25.2. The normalized spacial score (nSPS) is 12.2. The minimum absolute atomic E-state index is 0.0592. The summed E-state index contributed by atoms with van der Waals surface area (Å²) in [5, 5.41) is 7.34. The fraction of sp³-hybridized carbons (Fsp3) is 0.281. The molecule has 1 heterocycles. The number of rotatable bonds is 9. The quantitative estimate of drug-likeness (QED) is 0.227. The van der Waals surface area contributed by atoms with Gasteiger partial charge >= 0.3 is 6.18 Å². The first-order valence-electron chi connectivity index (χ1n) is 13.2.